The zero-order valence-electron chi connectivity index (χ0n) is 31.2. The number of rotatable bonds is 3. The molecule has 0 amide bonds. The number of hydrogen-bond acceptors (Lipinski definition) is 1. The van der Waals surface area contributed by atoms with Gasteiger partial charge in [-0.25, -0.2) is 0 Å². The monoisotopic (exact) mass is 712 g/mol. The second-order valence-corrected chi connectivity index (χ2v) is 15.9. The van der Waals surface area contributed by atoms with Crippen LogP contribution in [0.1, 0.15) is 25.0 Å². The van der Waals surface area contributed by atoms with Crippen molar-refractivity contribution in [3.05, 3.63) is 193 Å². The maximum atomic E-state index is 6.62. The summed E-state index contributed by atoms with van der Waals surface area (Å²) in [5, 5.41) is 12.5. The molecule has 0 atom stereocenters. The van der Waals surface area contributed by atoms with E-state index in [0.29, 0.717) is 0 Å². The van der Waals surface area contributed by atoms with Crippen molar-refractivity contribution in [3.8, 4) is 44.5 Å². The van der Waals surface area contributed by atoms with Crippen LogP contribution in [0.25, 0.3) is 110 Å². The fraction of sp³-hybridized carbons (Fsp3) is 0.0545. The third-order valence-electron chi connectivity index (χ3n) is 12.6. The van der Waals surface area contributed by atoms with E-state index in [1.54, 1.807) is 0 Å². The molecule has 0 saturated heterocycles. The van der Waals surface area contributed by atoms with Gasteiger partial charge in [0.2, 0.25) is 0 Å². The molecule has 1 heteroatoms. The lowest BCUT2D eigenvalue weighted by molar-refractivity contribution is 0.666. The summed E-state index contributed by atoms with van der Waals surface area (Å²) in [7, 11) is 0. The van der Waals surface area contributed by atoms with E-state index in [1.807, 2.05) is 6.07 Å². The van der Waals surface area contributed by atoms with E-state index >= 15 is 0 Å². The molecular formula is C55H36O. The van der Waals surface area contributed by atoms with Crippen molar-refractivity contribution >= 4 is 65.0 Å². The van der Waals surface area contributed by atoms with Crippen molar-refractivity contribution in [2.24, 2.45) is 0 Å². The van der Waals surface area contributed by atoms with E-state index in [9.17, 15) is 0 Å². The minimum Gasteiger partial charge on any atom is -0.455 e. The molecular weight excluding hydrogens is 677 g/mol. The van der Waals surface area contributed by atoms with Crippen molar-refractivity contribution in [1.82, 2.24) is 0 Å². The lowest BCUT2D eigenvalue weighted by Crippen LogP contribution is -2.15. The third kappa shape index (κ3) is 4.20. The molecule has 0 radical (unpaired) electrons. The normalized spacial score (nSPS) is 13.3. The standard InChI is InChI=1S/C55H36O/c1-55(2)47-27-14-24-35(51(47)52-39-18-5-3-15-36(39)37-16-4-10-23-44(37)53(52)55)33-29-31-34(32-30-33)49-40-19-6-8-21-42(40)50(43-22-9-7-20-41(43)49)46-26-13-25-45-38-17-11-12-28-48(38)56-54(45)46/h3-32H,1-2H3. The molecule has 1 heterocycles. The number of furan rings is 1. The fourth-order valence-electron chi connectivity index (χ4n) is 10.3. The summed E-state index contributed by atoms with van der Waals surface area (Å²) in [4.78, 5) is 0. The van der Waals surface area contributed by atoms with E-state index in [2.05, 4.69) is 190 Å². The van der Waals surface area contributed by atoms with E-state index in [1.165, 1.54) is 93.2 Å². The van der Waals surface area contributed by atoms with Crippen LogP contribution in [0.4, 0.5) is 0 Å². The molecule has 0 N–H and O–H groups in total. The molecule has 1 aliphatic carbocycles. The molecule has 262 valence electrons. The first-order valence-electron chi connectivity index (χ1n) is 19.6. The molecule has 0 aliphatic heterocycles. The summed E-state index contributed by atoms with van der Waals surface area (Å²) in [5.41, 5.74) is 14.6. The lowest BCUT2D eigenvalue weighted by atomic mass is 9.79. The Morgan fingerprint density at radius 2 is 0.786 bits per heavy atom. The van der Waals surface area contributed by atoms with E-state index in [4.69, 9.17) is 4.42 Å². The summed E-state index contributed by atoms with van der Waals surface area (Å²) in [6.07, 6.45) is 0. The van der Waals surface area contributed by atoms with Crippen LogP contribution in [0.5, 0.6) is 0 Å². The van der Waals surface area contributed by atoms with Gasteiger partial charge in [-0.15, -0.1) is 0 Å². The Labute approximate surface area is 325 Å². The maximum Gasteiger partial charge on any atom is 0.143 e. The minimum atomic E-state index is -0.142. The van der Waals surface area contributed by atoms with Crippen LogP contribution in [0.3, 0.4) is 0 Å². The van der Waals surface area contributed by atoms with E-state index < -0.39 is 0 Å². The lowest BCUT2D eigenvalue weighted by Gasteiger charge is -2.24. The zero-order chi connectivity index (χ0) is 37.1. The quantitative estimate of drug-likeness (QED) is 0.131. The Balaban J connectivity index is 1.07. The average Bonchev–Trinajstić information content (AvgIpc) is 3.75. The van der Waals surface area contributed by atoms with Crippen molar-refractivity contribution in [1.29, 1.82) is 0 Å². The highest BCUT2D eigenvalue weighted by atomic mass is 16.3. The highest BCUT2D eigenvalue weighted by Gasteiger charge is 2.39. The maximum absolute atomic E-state index is 6.62. The van der Waals surface area contributed by atoms with Crippen LogP contribution in [-0.4, -0.2) is 0 Å². The van der Waals surface area contributed by atoms with Gasteiger partial charge >= 0.3 is 0 Å². The average molecular weight is 713 g/mol. The molecule has 12 rings (SSSR count). The highest BCUT2D eigenvalue weighted by Crippen LogP contribution is 2.57. The molecule has 11 aromatic rings. The van der Waals surface area contributed by atoms with Gasteiger partial charge in [0.1, 0.15) is 11.2 Å². The van der Waals surface area contributed by atoms with Gasteiger partial charge in [-0.05, 0) is 93.7 Å². The highest BCUT2D eigenvalue weighted by molar-refractivity contribution is 6.24. The first kappa shape index (κ1) is 31.4. The van der Waals surface area contributed by atoms with Crippen LogP contribution >= 0.6 is 0 Å². The second-order valence-electron chi connectivity index (χ2n) is 15.9. The Morgan fingerprint density at radius 1 is 0.321 bits per heavy atom. The molecule has 1 aliphatic rings. The molecule has 0 spiro atoms. The Bertz CT molecular complexity index is 3370. The minimum absolute atomic E-state index is 0.142. The predicted molar refractivity (Wildman–Crippen MR) is 238 cm³/mol. The summed E-state index contributed by atoms with van der Waals surface area (Å²) in [5.74, 6) is 0. The van der Waals surface area contributed by atoms with Crippen LogP contribution < -0.4 is 0 Å². The zero-order valence-corrected chi connectivity index (χ0v) is 31.2. The van der Waals surface area contributed by atoms with Gasteiger partial charge in [0.25, 0.3) is 0 Å². The molecule has 0 bridgehead atoms. The van der Waals surface area contributed by atoms with Crippen LogP contribution in [-0.2, 0) is 5.41 Å². The fourth-order valence-corrected chi connectivity index (χ4v) is 10.3. The molecule has 1 nitrogen and oxygen atoms in total. The largest absolute Gasteiger partial charge is 0.455 e. The van der Waals surface area contributed by atoms with E-state index in [0.717, 1.165) is 27.5 Å². The van der Waals surface area contributed by atoms with Gasteiger partial charge in [-0.1, -0.05) is 190 Å². The summed E-state index contributed by atoms with van der Waals surface area (Å²) in [6.45, 7) is 4.81. The summed E-state index contributed by atoms with van der Waals surface area (Å²) in [6, 6.07) is 66.9. The number of benzene rings is 10. The van der Waals surface area contributed by atoms with Crippen LogP contribution in [0, 0.1) is 0 Å². The van der Waals surface area contributed by atoms with Gasteiger partial charge in [-0.2, -0.15) is 0 Å². The SMILES string of the molecule is CC1(C)c2cccc(-c3ccc(-c4c5ccccc5c(-c5cccc6c5oc5ccccc56)c5ccccc45)cc3)c2-c2c1c1ccccc1c1ccccc21. The number of fused-ring (bicyclic) bond motifs is 13. The van der Waals surface area contributed by atoms with Crippen LogP contribution in [0.15, 0.2) is 186 Å². The second kappa shape index (κ2) is 11.5. The van der Waals surface area contributed by atoms with Crippen molar-refractivity contribution in [3.63, 3.8) is 0 Å². The van der Waals surface area contributed by atoms with E-state index in [-0.39, 0.29) is 5.41 Å². The van der Waals surface area contributed by atoms with Crippen molar-refractivity contribution in [2.45, 2.75) is 19.3 Å². The van der Waals surface area contributed by atoms with Gasteiger partial charge in [-0.3, -0.25) is 0 Å². The molecule has 0 unspecified atom stereocenters. The summed E-state index contributed by atoms with van der Waals surface area (Å²) < 4.78 is 6.62. The first-order valence-corrected chi connectivity index (χ1v) is 19.6. The molecule has 0 fully saturated rings. The molecule has 56 heavy (non-hydrogen) atoms. The van der Waals surface area contributed by atoms with Gasteiger partial charge in [0, 0.05) is 27.3 Å². The molecule has 10 aromatic carbocycles. The smallest absolute Gasteiger partial charge is 0.143 e. The van der Waals surface area contributed by atoms with Crippen molar-refractivity contribution < 1.29 is 4.42 Å². The Kier molecular flexibility index (Phi) is 6.46. The number of para-hydroxylation sites is 2. The third-order valence-corrected chi connectivity index (χ3v) is 12.6. The summed E-state index contributed by atoms with van der Waals surface area (Å²) >= 11 is 0. The number of hydrogen-bond donors (Lipinski definition) is 0. The Hall–Kier alpha value is -6.96. The van der Waals surface area contributed by atoms with Gasteiger partial charge in [0.15, 0.2) is 0 Å². The van der Waals surface area contributed by atoms with Gasteiger partial charge in [0.05, 0.1) is 0 Å². The first-order chi connectivity index (χ1) is 27.6. The topological polar surface area (TPSA) is 13.1 Å². The van der Waals surface area contributed by atoms with Crippen LogP contribution in [0.2, 0.25) is 0 Å². The Morgan fingerprint density at radius 3 is 1.45 bits per heavy atom. The van der Waals surface area contributed by atoms with Gasteiger partial charge < -0.3 is 4.42 Å². The molecule has 1 aromatic heterocycles. The van der Waals surface area contributed by atoms with Crippen molar-refractivity contribution in [2.75, 3.05) is 0 Å². The molecule has 0 saturated carbocycles. The predicted octanol–water partition coefficient (Wildman–Crippen LogP) is 15.5.